The summed E-state index contributed by atoms with van der Waals surface area (Å²) in [5.74, 6) is 0. The first kappa shape index (κ1) is 19.0. The molecule has 0 fully saturated rings. The highest BCUT2D eigenvalue weighted by Gasteiger charge is 2.30. The maximum Gasteiger partial charge on any atom is 0.416 e. The zero-order chi connectivity index (χ0) is 19.8. The molecule has 27 heavy (non-hydrogen) atoms. The van der Waals surface area contributed by atoms with Crippen LogP contribution >= 0.6 is 11.6 Å². The topological polar surface area (TPSA) is 64.7 Å². The van der Waals surface area contributed by atoms with E-state index in [0.717, 1.165) is 28.1 Å². The van der Waals surface area contributed by atoms with Crippen molar-refractivity contribution in [1.29, 1.82) is 0 Å². The van der Waals surface area contributed by atoms with E-state index in [1.807, 2.05) is 14.0 Å². The smallest absolute Gasteiger partial charge is 0.378 e. The molecule has 0 atom stereocenters. The van der Waals surface area contributed by atoms with Gasteiger partial charge >= 0.3 is 6.18 Å². The fourth-order valence-corrected chi connectivity index (χ4v) is 2.66. The summed E-state index contributed by atoms with van der Waals surface area (Å²) in [4.78, 5) is 12.5. The summed E-state index contributed by atoms with van der Waals surface area (Å²) < 4.78 is 41.2. The molecule has 2 heterocycles. The molecular formula is C17H15ClF3N5O. The van der Waals surface area contributed by atoms with Crippen molar-refractivity contribution in [3.63, 3.8) is 0 Å². The average Bonchev–Trinajstić information content (AvgIpc) is 2.94. The molecule has 2 aromatic heterocycles. The predicted molar refractivity (Wildman–Crippen MR) is 95.1 cm³/mol. The van der Waals surface area contributed by atoms with Crippen molar-refractivity contribution in [2.24, 2.45) is 7.05 Å². The number of aryl methyl sites for hydroxylation is 1. The van der Waals surface area contributed by atoms with Gasteiger partial charge in [-0.15, -0.1) is 0 Å². The Kier molecular flexibility index (Phi) is 4.97. The third-order valence-corrected chi connectivity index (χ3v) is 4.51. The van der Waals surface area contributed by atoms with Gasteiger partial charge in [-0.05, 0) is 25.1 Å². The minimum absolute atomic E-state index is 0.0219. The minimum Gasteiger partial charge on any atom is -0.378 e. The Labute approximate surface area is 157 Å². The molecule has 0 spiro atoms. The van der Waals surface area contributed by atoms with E-state index in [4.69, 9.17) is 11.6 Å². The second-order valence-corrected chi connectivity index (χ2v) is 6.25. The molecule has 3 rings (SSSR count). The second kappa shape index (κ2) is 7.07. The molecule has 1 N–H and O–H groups in total. The molecular weight excluding hydrogens is 383 g/mol. The molecule has 0 unspecified atom stereocenters. The van der Waals surface area contributed by atoms with E-state index >= 15 is 0 Å². The minimum atomic E-state index is -4.52. The van der Waals surface area contributed by atoms with E-state index in [-0.39, 0.29) is 16.4 Å². The molecule has 0 aliphatic carbocycles. The van der Waals surface area contributed by atoms with E-state index in [9.17, 15) is 18.0 Å². The van der Waals surface area contributed by atoms with Gasteiger partial charge in [0.25, 0.3) is 5.56 Å². The Hall–Kier alpha value is -2.81. The normalized spacial score (nSPS) is 11.6. The van der Waals surface area contributed by atoms with Gasteiger partial charge in [0.15, 0.2) is 0 Å². The lowest BCUT2D eigenvalue weighted by atomic mass is 10.2. The van der Waals surface area contributed by atoms with Gasteiger partial charge in [0.1, 0.15) is 5.02 Å². The van der Waals surface area contributed by atoms with Crippen molar-refractivity contribution in [3.05, 3.63) is 68.9 Å². The second-order valence-electron chi connectivity index (χ2n) is 5.87. The third kappa shape index (κ3) is 3.82. The largest absolute Gasteiger partial charge is 0.416 e. The number of anilines is 1. The number of nitrogens with one attached hydrogen (secondary N) is 1. The van der Waals surface area contributed by atoms with Gasteiger partial charge < -0.3 is 5.32 Å². The first-order valence-electron chi connectivity index (χ1n) is 7.85. The molecule has 0 radical (unpaired) electrons. The lowest BCUT2D eigenvalue weighted by Crippen LogP contribution is -2.23. The van der Waals surface area contributed by atoms with Crippen LogP contribution in [-0.2, 0) is 19.8 Å². The predicted octanol–water partition coefficient (Wildman–Crippen LogP) is 3.56. The quantitative estimate of drug-likeness (QED) is 0.731. The SMILES string of the molecule is Cc1c(CNc2cnn(-c3cccc(C(F)(F)F)c3)c(=O)c2Cl)cnn1C. The number of alkyl halides is 3. The van der Waals surface area contributed by atoms with Crippen molar-refractivity contribution in [2.75, 3.05) is 5.32 Å². The van der Waals surface area contributed by atoms with Crippen LogP contribution in [0.2, 0.25) is 5.02 Å². The van der Waals surface area contributed by atoms with Crippen molar-refractivity contribution in [2.45, 2.75) is 19.6 Å². The molecule has 0 saturated carbocycles. The van der Waals surface area contributed by atoms with Gasteiger partial charge in [0, 0.05) is 24.8 Å². The van der Waals surface area contributed by atoms with E-state index < -0.39 is 17.3 Å². The zero-order valence-corrected chi connectivity index (χ0v) is 15.1. The molecule has 6 nitrogen and oxygen atoms in total. The molecule has 0 aliphatic heterocycles. The molecule has 10 heteroatoms. The zero-order valence-electron chi connectivity index (χ0n) is 14.4. The van der Waals surface area contributed by atoms with Gasteiger partial charge in [-0.3, -0.25) is 9.48 Å². The average molecular weight is 398 g/mol. The first-order chi connectivity index (χ1) is 12.7. The van der Waals surface area contributed by atoms with Crippen molar-refractivity contribution >= 4 is 17.3 Å². The van der Waals surface area contributed by atoms with Crippen molar-refractivity contribution < 1.29 is 13.2 Å². The summed E-state index contributed by atoms with van der Waals surface area (Å²) >= 11 is 6.11. The van der Waals surface area contributed by atoms with Crippen LogP contribution in [0.5, 0.6) is 0 Å². The molecule has 3 aromatic rings. The van der Waals surface area contributed by atoms with Gasteiger partial charge in [0.2, 0.25) is 0 Å². The Morgan fingerprint density at radius 3 is 2.59 bits per heavy atom. The van der Waals surface area contributed by atoms with Crippen LogP contribution in [0, 0.1) is 6.92 Å². The van der Waals surface area contributed by atoms with Crippen LogP contribution in [0.1, 0.15) is 16.8 Å². The van der Waals surface area contributed by atoms with Crippen LogP contribution < -0.4 is 10.9 Å². The molecule has 0 aliphatic rings. The highest BCUT2D eigenvalue weighted by molar-refractivity contribution is 6.32. The van der Waals surface area contributed by atoms with Crippen LogP contribution in [0.25, 0.3) is 5.69 Å². The standard InChI is InChI=1S/C17H15ClF3N5O/c1-10-11(8-23-25(10)2)7-22-14-9-24-26(16(27)15(14)18)13-5-3-4-12(6-13)17(19,20)21/h3-6,8-9,22H,7H2,1-2H3. The number of benzene rings is 1. The molecule has 142 valence electrons. The Bertz CT molecular complexity index is 1040. The maximum atomic E-state index is 12.9. The highest BCUT2D eigenvalue weighted by atomic mass is 35.5. The van der Waals surface area contributed by atoms with Crippen LogP contribution in [0.3, 0.4) is 0 Å². The number of halogens is 4. The summed E-state index contributed by atoms with van der Waals surface area (Å²) in [6.07, 6.45) is -1.53. The molecule has 0 bridgehead atoms. The first-order valence-corrected chi connectivity index (χ1v) is 8.23. The summed E-state index contributed by atoms with van der Waals surface area (Å²) in [6, 6.07) is 4.32. The van der Waals surface area contributed by atoms with Crippen molar-refractivity contribution in [1.82, 2.24) is 19.6 Å². The maximum absolute atomic E-state index is 12.9. The van der Waals surface area contributed by atoms with E-state index in [1.165, 1.54) is 18.3 Å². The lowest BCUT2D eigenvalue weighted by Gasteiger charge is -2.12. The summed E-state index contributed by atoms with van der Waals surface area (Å²) in [5.41, 5.74) is 0.530. The van der Waals surface area contributed by atoms with Gasteiger partial charge in [-0.25, -0.2) is 0 Å². The Morgan fingerprint density at radius 1 is 1.22 bits per heavy atom. The number of nitrogens with zero attached hydrogens (tertiary/aromatic N) is 4. The Morgan fingerprint density at radius 2 is 1.96 bits per heavy atom. The number of hydrogen-bond acceptors (Lipinski definition) is 4. The highest BCUT2D eigenvalue weighted by Crippen LogP contribution is 2.30. The van der Waals surface area contributed by atoms with Crippen LogP contribution in [0.4, 0.5) is 18.9 Å². The van der Waals surface area contributed by atoms with Crippen molar-refractivity contribution in [3.8, 4) is 5.69 Å². The van der Waals surface area contributed by atoms with E-state index in [0.29, 0.717) is 6.54 Å². The Balaban J connectivity index is 1.89. The van der Waals surface area contributed by atoms with Crippen LogP contribution in [0.15, 0.2) is 41.5 Å². The molecule has 0 amide bonds. The lowest BCUT2D eigenvalue weighted by molar-refractivity contribution is -0.137. The summed E-state index contributed by atoms with van der Waals surface area (Å²) in [5, 5.41) is 10.9. The monoisotopic (exact) mass is 397 g/mol. The number of hydrogen-bond donors (Lipinski definition) is 1. The van der Waals surface area contributed by atoms with Gasteiger partial charge in [-0.2, -0.15) is 28.1 Å². The fourth-order valence-electron chi connectivity index (χ4n) is 2.46. The molecule has 0 saturated heterocycles. The van der Waals surface area contributed by atoms with E-state index in [2.05, 4.69) is 15.5 Å². The number of aromatic nitrogens is 4. The summed E-state index contributed by atoms with van der Waals surface area (Å²) in [6.45, 7) is 2.27. The third-order valence-electron chi connectivity index (χ3n) is 4.14. The van der Waals surface area contributed by atoms with Gasteiger partial charge in [0.05, 0.1) is 29.3 Å². The fraction of sp³-hybridized carbons (Fsp3) is 0.235. The summed E-state index contributed by atoms with van der Waals surface area (Å²) in [7, 11) is 1.81. The van der Waals surface area contributed by atoms with Gasteiger partial charge in [-0.1, -0.05) is 17.7 Å². The van der Waals surface area contributed by atoms with Crippen LogP contribution in [-0.4, -0.2) is 19.6 Å². The van der Waals surface area contributed by atoms with E-state index in [1.54, 1.807) is 10.9 Å². The molecule has 1 aromatic carbocycles. The number of rotatable bonds is 4.